The van der Waals surface area contributed by atoms with E-state index in [0.29, 0.717) is 5.56 Å². The van der Waals surface area contributed by atoms with Crippen LogP contribution in [0.25, 0.3) is 11.1 Å². The molecule has 1 unspecified atom stereocenters. The van der Waals surface area contributed by atoms with Crippen LogP contribution in [0.4, 0.5) is 0 Å². The average molecular weight is 284 g/mol. The van der Waals surface area contributed by atoms with Crippen molar-refractivity contribution in [3.8, 4) is 16.9 Å². The molecule has 0 aliphatic carbocycles. The molecule has 0 spiro atoms. The third-order valence-corrected chi connectivity index (χ3v) is 3.32. The van der Waals surface area contributed by atoms with Crippen LogP contribution >= 0.6 is 0 Å². The Morgan fingerprint density at radius 3 is 2.10 bits per heavy atom. The quantitative estimate of drug-likeness (QED) is 0.827. The number of rotatable bonds is 5. The van der Waals surface area contributed by atoms with Gasteiger partial charge in [-0.15, -0.1) is 0 Å². The molecule has 1 N–H and O–H groups in total. The van der Waals surface area contributed by atoms with Crippen molar-refractivity contribution in [2.24, 2.45) is 0 Å². The Balaban J connectivity index is 2.08. The van der Waals surface area contributed by atoms with Gasteiger partial charge in [-0.05, 0) is 48.7 Å². The van der Waals surface area contributed by atoms with Gasteiger partial charge in [0, 0.05) is 0 Å². The molecule has 0 bridgehead atoms. The fraction of sp³-hybridized carbons (Fsp3) is 0.278. The van der Waals surface area contributed by atoms with Crippen molar-refractivity contribution in [1.29, 1.82) is 0 Å². The number of phenolic OH excluding ortho intramolecular Hbond substituents is 1. The van der Waals surface area contributed by atoms with Crippen LogP contribution in [0.1, 0.15) is 37.0 Å². The molecule has 0 amide bonds. The van der Waals surface area contributed by atoms with Crippen LogP contribution in [0.5, 0.6) is 5.75 Å². The minimum Gasteiger partial charge on any atom is -0.508 e. The van der Waals surface area contributed by atoms with Gasteiger partial charge in [-0.3, -0.25) is 0 Å². The Kier molecular flexibility index (Phi) is 4.99. The van der Waals surface area contributed by atoms with Gasteiger partial charge >= 0.3 is 5.97 Å². The zero-order chi connectivity index (χ0) is 15.2. The molecule has 0 heterocycles. The molecular formula is C18H20O3. The van der Waals surface area contributed by atoms with E-state index in [-0.39, 0.29) is 17.8 Å². The largest absolute Gasteiger partial charge is 0.508 e. The van der Waals surface area contributed by atoms with Crippen molar-refractivity contribution >= 4 is 5.97 Å². The van der Waals surface area contributed by atoms with Gasteiger partial charge in [0.15, 0.2) is 0 Å². The molecule has 21 heavy (non-hydrogen) atoms. The van der Waals surface area contributed by atoms with Gasteiger partial charge in [-0.1, -0.05) is 37.6 Å². The number of hydrogen-bond donors (Lipinski definition) is 1. The fourth-order valence-electron chi connectivity index (χ4n) is 2.17. The molecule has 0 fully saturated rings. The molecule has 3 heteroatoms. The van der Waals surface area contributed by atoms with Crippen LogP contribution in [-0.2, 0) is 4.74 Å². The highest BCUT2D eigenvalue weighted by Gasteiger charge is 2.11. The van der Waals surface area contributed by atoms with E-state index in [1.165, 1.54) is 0 Å². The first-order valence-corrected chi connectivity index (χ1v) is 7.20. The molecular weight excluding hydrogens is 264 g/mol. The van der Waals surface area contributed by atoms with Gasteiger partial charge in [0.25, 0.3) is 0 Å². The smallest absolute Gasteiger partial charge is 0.338 e. The summed E-state index contributed by atoms with van der Waals surface area (Å²) in [5, 5.41) is 9.29. The van der Waals surface area contributed by atoms with Crippen molar-refractivity contribution in [2.45, 2.75) is 32.8 Å². The maximum Gasteiger partial charge on any atom is 0.338 e. The van der Waals surface area contributed by atoms with E-state index in [2.05, 4.69) is 6.92 Å². The van der Waals surface area contributed by atoms with Gasteiger partial charge in [-0.2, -0.15) is 0 Å². The summed E-state index contributed by atoms with van der Waals surface area (Å²) in [5.74, 6) is -0.0444. The number of ether oxygens (including phenoxy) is 1. The standard InChI is InChI=1S/C18H20O3/c1-3-4-13(2)21-18(20)16-7-5-14(6-8-16)15-9-11-17(19)12-10-15/h5-13,19H,3-4H2,1-2H3. The SMILES string of the molecule is CCCC(C)OC(=O)c1ccc(-c2ccc(O)cc2)cc1. The van der Waals surface area contributed by atoms with Crippen LogP contribution < -0.4 is 0 Å². The summed E-state index contributed by atoms with van der Waals surface area (Å²) in [6.07, 6.45) is 1.81. The molecule has 1 atom stereocenters. The fourth-order valence-corrected chi connectivity index (χ4v) is 2.17. The average Bonchev–Trinajstić information content (AvgIpc) is 2.48. The van der Waals surface area contributed by atoms with E-state index < -0.39 is 0 Å². The van der Waals surface area contributed by atoms with Gasteiger partial charge in [0.2, 0.25) is 0 Å². The highest BCUT2D eigenvalue weighted by Crippen LogP contribution is 2.22. The molecule has 110 valence electrons. The zero-order valence-corrected chi connectivity index (χ0v) is 12.4. The van der Waals surface area contributed by atoms with E-state index in [0.717, 1.165) is 24.0 Å². The third kappa shape index (κ3) is 4.09. The summed E-state index contributed by atoms with van der Waals surface area (Å²) in [4.78, 5) is 12.0. The first kappa shape index (κ1) is 15.1. The predicted molar refractivity (Wildman–Crippen MR) is 83.3 cm³/mol. The van der Waals surface area contributed by atoms with Gasteiger partial charge < -0.3 is 9.84 Å². The molecule has 0 saturated heterocycles. The Morgan fingerprint density at radius 1 is 1.05 bits per heavy atom. The van der Waals surface area contributed by atoms with Crippen molar-refractivity contribution < 1.29 is 14.6 Å². The Morgan fingerprint density at radius 2 is 1.57 bits per heavy atom. The minimum absolute atomic E-state index is 0.0562. The van der Waals surface area contributed by atoms with E-state index in [4.69, 9.17) is 4.74 Å². The van der Waals surface area contributed by atoms with Crippen molar-refractivity contribution in [3.05, 3.63) is 54.1 Å². The molecule has 0 saturated carbocycles. The van der Waals surface area contributed by atoms with Crippen molar-refractivity contribution in [1.82, 2.24) is 0 Å². The number of hydrogen-bond acceptors (Lipinski definition) is 3. The highest BCUT2D eigenvalue weighted by atomic mass is 16.5. The van der Waals surface area contributed by atoms with Gasteiger partial charge in [0.05, 0.1) is 11.7 Å². The molecule has 0 radical (unpaired) electrons. The highest BCUT2D eigenvalue weighted by molar-refractivity contribution is 5.90. The van der Waals surface area contributed by atoms with E-state index in [1.54, 1.807) is 24.3 Å². The lowest BCUT2D eigenvalue weighted by molar-refractivity contribution is 0.0323. The first-order chi connectivity index (χ1) is 10.1. The van der Waals surface area contributed by atoms with E-state index in [1.807, 2.05) is 31.2 Å². The van der Waals surface area contributed by atoms with Crippen LogP contribution in [0.15, 0.2) is 48.5 Å². The Labute approximate surface area is 125 Å². The van der Waals surface area contributed by atoms with Crippen LogP contribution in [0.3, 0.4) is 0 Å². The van der Waals surface area contributed by atoms with Crippen molar-refractivity contribution in [3.63, 3.8) is 0 Å². The van der Waals surface area contributed by atoms with Crippen LogP contribution in [0.2, 0.25) is 0 Å². The Bertz CT molecular complexity index is 585. The monoisotopic (exact) mass is 284 g/mol. The molecule has 0 aliphatic heterocycles. The summed E-state index contributed by atoms with van der Waals surface area (Å²) >= 11 is 0. The predicted octanol–water partition coefficient (Wildman–Crippen LogP) is 4.40. The second-order valence-corrected chi connectivity index (χ2v) is 5.13. The summed E-state index contributed by atoms with van der Waals surface area (Å²) in [7, 11) is 0. The van der Waals surface area contributed by atoms with E-state index >= 15 is 0 Å². The minimum atomic E-state index is -0.284. The number of benzene rings is 2. The second kappa shape index (κ2) is 6.93. The Hall–Kier alpha value is -2.29. The molecule has 2 aromatic carbocycles. The molecule has 0 aliphatic rings. The van der Waals surface area contributed by atoms with Gasteiger partial charge in [-0.25, -0.2) is 4.79 Å². The molecule has 2 aromatic rings. The lowest BCUT2D eigenvalue weighted by Crippen LogP contribution is -2.14. The van der Waals surface area contributed by atoms with Crippen LogP contribution in [0, 0.1) is 0 Å². The summed E-state index contributed by atoms with van der Waals surface area (Å²) < 4.78 is 5.37. The lowest BCUT2D eigenvalue weighted by atomic mass is 10.0. The third-order valence-electron chi connectivity index (χ3n) is 3.32. The second-order valence-electron chi connectivity index (χ2n) is 5.13. The molecule has 2 rings (SSSR count). The first-order valence-electron chi connectivity index (χ1n) is 7.20. The van der Waals surface area contributed by atoms with Crippen molar-refractivity contribution in [2.75, 3.05) is 0 Å². The topological polar surface area (TPSA) is 46.5 Å². The number of esters is 1. The molecule has 0 aromatic heterocycles. The van der Waals surface area contributed by atoms with Crippen LogP contribution in [-0.4, -0.2) is 17.2 Å². The van der Waals surface area contributed by atoms with E-state index in [9.17, 15) is 9.90 Å². The summed E-state index contributed by atoms with van der Waals surface area (Å²) in [6.45, 7) is 3.98. The van der Waals surface area contributed by atoms with Gasteiger partial charge in [0.1, 0.15) is 5.75 Å². The number of carbonyl (C=O) groups excluding carboxylic acids is 1. The summed E-state index contributed by atoms with van der Waals surface area (Å²) in [6, 6.07) is 14.3. The maximum atomic E-state index is 12.0. The lowest BCUT2D eigenvalue weighted by Gasteiger charge is -2.12. The normalized spacial score (nSPS) is 11.9. The maximum absolute atomic E-state index is 12.0. The number of aromatic hydroxyl groups is 1. The summed E-state index contributed by atoms with van der Waals surface area (Å²) in [5.41, 5.74) is 2.54. The zero-order valence-electron chi connectivity index (χ0n) is 12.4. The number of phenols is 1. The molecule has 3 nitrogen and oxygen atoms in total. The number of carbonyl (C=O) groups is 1.